The van der Waals surface area contributed by atoms with E-state index in [0.717, 1.165) is 61.7 Å². The molecule has 0 unspecified atom stereocenters. The number of aliphatic hydroxyl groups excluding tert-OH is 1. The second-order valence-electron chi connectivity index (χ2n) is 9.76. The van der Waals surface area contributed by atoms with Gasteiger partial charge in [-0.15, -0.1) is 0 Å². The number of hydrogen-bond acceptors (Lipinski definition) is 3. The highest BCUT2D eigenvalue weighted by molar-refractivity contribution is 5.01. The topological polar surface area (TPSA) is 38.7 Å². The molecule has 1 heterocycles. The van der Waals surface area contributed by atoms with Crippen LogP contribution in [0.25, 0.3) is 0 Å². The molecule has 0 amide bonds. The first-order chi connectivity index (χ1) is 11.5. The molecule has 1 N–H and O–H groups in total. The Labute approximate surface area is 147 Å². The molecule has 5 aliphatic rings. The maximum Gasteiger partial charge on any atom is 0.126 e. The van der Waals surface area contributed by atoms with Gasteiger partial charge >= 0.3 is 0 Å². The van der Waals surface area contributed by atoms with Crippen molar-refractivity contribution >= 4 is 0 Å². The van der Waals surface area contributed by atoms with Gasteiger partial charge in [0.25, 0.3) is 0 Å². The number of likely N-dealkylation sites (N-methyl/N-ethyl adjacent to an activating group) is 1. The van der Waals surface area contributed by atoms with Crippen molar-refractivity contribution in [3.8, 4) is 0 Å². The SMILES string of the molecule is C[N+]1(C[C@@H](O)COCCC23CC4CC(CC(C4)C2)C3)CCOCC1. The van der Waals surface area contributed by atoms with Gasteiger partial charge in [-0.2, -0.15) is 0 Å². The van der Waals surface area contributed by atoms with E-state index in [0.29, 0.717) is 12.0 Å². The van der Waals surface area contributed by atoms with Gasteiger partial charge in [-0.25, -0.2) is 0 Å². The van der Waals surface area contributed by atoms with Crippen LogP contribution in [0.3, 0.4) is 0 Å². The summed E-state index contributed by atoms with van der Waals surface area (Å²) in [5.41, 5.74) is 0.600. The van der Waals surface area contributed by atoms with Crippen molar-refractivity contribution < 1.29 is 19.1 Å². The molecule has 4 saturated carbocycles. The number of aliphatic hydroxyl groups is 1. The summed E-state index contributed by atoms with van der Waals surface area (Å²) in [5, 5.41) is 10.3. The highest BCUT2D eigenvalue weighted by Crippen LogP contribution is 2.61. The fraction of sp³-hybridized carbons (Fsp3) is 1.00. The third kappa shape index (κ3) is 3.82. The van der Waals surface area contributed by atoms with E-state index in [1.807, 2.05) is 0 Å². The van der Waals surface area contributed by atoms with Gasteiger partial charge in [0.2, 0.25) is 0 Å². The van der Waals surface area contributed by atoms with E-state index in [1.54, 1.807) is 0 Å². The Kier molecular flexibility index (Phi) is 4.94. The van der Waals surface area contributed by atoms with Gasteiger partial charge < -0.3 is 19.1 Å². The summed E-state index contributed by atoms with van der Waals surface area (Å²) in [4.78, 5) is 0. The average Bonchev–Trinajstić information content (AvgIpc) is 2.50. The van der Waals surface area contributed by atoms with Gasteiger partial charge in [-0.05, 0) is 68.1 Å². The molecule has 5 fully saturated rings. The maximum atomic E-state index is 10.3. The summed E-state index contributed by atoms with van der Waals surface area (Å²) in [7, 11) is 2.22. The lowest BCUT2D eigenvalue weighted by Crippen LogP contribution is -2.55. The van der Waals surface area contributed by atoms with E-state index < -0.39 is 0 Å². The smallest absolute Gasteiger partial charge is 0.126 e. The molecule has 1 atom stereocenters. The Morgan fingerprint density at radius 3 is 2.25 bits per heavy atom. The third-order valence-corrected chi connectivity index (χ3v) is 7.45. The van der Waals surface area contributed by atoms with Crippen LogP contribution in [0.5, 0.6) is 0 Å². The molecule has 0 spiro atoms. The first-order valence-corrected chi connectivity index (χ1v) is 10.2. The Morgan fingerprint density at radius 2 is 1.67 bits per heavy atom. The normalized spacial score (nSPS) is 41.5. The predicted molar refractivity (Wildman–Crippen MR) is 93.7 cm³/mol. The zero-order chi connectivity index (χ0) is 16.6. The van der Waals surface area contributed by atoms with Crippen molar-refractivity contribution in [2.45, 2.75) is 51.0 Å². The molecule has 4 heteroatoms. The van der Waals surface area contributed by atoms with Crippen LogP contribution in [0.2, 0.25) is 0 Å². The first kappa shape index (κ1) is 17.3. The van der Waals surface area contributed by atoms with Gasteiger partial charge in [-0.1, -0.05) is 0 Å². The van der Waals surface area contributed by atoms with Gasteiger partial charge in [0, 0.05) is 6.61 Å². The molecule has 0 radical (unpaired) electrons. The van der Waals surface area contributed by atoms with Crippen LogP contribution in [0, 0.1) is 23.2 Å². The quantitative estimate of drug-likeness (QED) is 0.572. The monoisotopic (exact) mass is 338 g/mol. The molecular formula is C20H36NO3+. The maximum absolute atomic E-state index is 10.3. The van der Waals surface area contributed by atoms with E-state index in [2.05, 4.69) is 7.05 Å². The van der Waals surface area contributed by atoms with Crippen LogP contribution in [-0.2, 0) is 9.47 Å². The summed E-state index contributed by atoms with van der Waals surface area (Å²) in [6, 6.07) is 0. The number of rotatable bonds is 7. The van der Waals surface area contributed by atoms with Gasteiger partial charge in [0.05, 0.1) is 26.9 Å². The molecule has 138 valence electrons. The van der Waals surface area contributed by atoms with Crippen molar-refractivity contribution in [3.63, 3.8) is 0 Å². The molecule has 0 aromatic heterocycles. The van der Waals surface area contributed by atoms with Crippen LogP contribution in [0.15, 0.2) is 0 Å². The van der Waals surface area contributed by atoms with Crippen molar-refractivity contribution in [3.05, 3.63) is 0 Å². The molecule has 1 aliphatic heterocycles. The minimum absolute atomic E-state index is 0.343. The Balaban J connectivity index is 1.18. The number of quaternary nitrogens is 1. The van der Waals surface area contributed by atoms with E-state index >= 15 is 0 Å². The summed E-state index contributed by atoms with van der Waals surface area (Å²) < 4.78 is 12.3. The van der Waals surface area contributed by atoms with Crippen LogP contribution in [-0.4, -0.2) is 68.8 Å². The van der Waals surface area contributed by atoms with Crippen LogP contribution in [0.1, 0.15) is 44.9 Å². The highest BCUT2D eigenvalue weighted by Gasteiger charge is 2.50. The molecule has 1 saturated heterocycles. The van der Waals surface area contributed by atoms with E-state index in [-0.39, 0.29) is 6.10 Å². The van der Waals surface area contributed by atoms with E-state index in [9.17, 15) is 5.11 Å². The Bertz CT molecular complexity index is 397. The van der Waals surface area contributed by atoms with Crippen LogP contribution < -0.4 is 0 Å². The fourth-order valence-corrected chi connectivity index (χ4v) is 6.63. The van der Waals surface area contributed by atoms with Crippen molar-refractivity contribution in [2.24, 2.45) is 23.2 Å². The van der Waals surface area contributed by atoms with Crippen molar-refractivity contribution in [2.75, 3.05) is 53.1 Å². The molecule has 4 bridgehead atoms. The fourth-order valence-electron chi connectivity index (χ4n) is 6.63. The van der Waals surface area contributed by atoms with Crippen LogP contribution >= 0.6 is 0 Å². The lowest BCUT2D eigenvalue weighted by Gasteiger charge is -2.57. The minimum atomic E-state index is -0.343. The van der Waals surface area contributed by atoms with Crippen LogP contribution in [0.4, 0.5) is 0 Å². The second-order valence-corrected chi connectivity index (χ2v) is 9.76. The largest absolute Gasteiger partial charge is 0.385 e. The van der Waals surface area contributed by atoms with Gasteiger partial charge in [0.15, 0.2) is 0 Å². The highest BCUT2D eigenvalue weighted by atomic mass is 16.5. The molecule has 24 heavy (non-hydrogen) atoms. The Morgan fingerprint density at radius 1 is 1.08 bits per heavy atom. The number of hydrogen-bond donors (Lipinski definition) is 1. The zero-order valence-corrected chi connectivity index (χ0v) is 15.4. The standard InChI is InChI=1S/C20H36NO3/c1-21(3-6-23-7-4-21)14-19(22)15-24-5-2-20-11-16-8-17(12-20)10-18(9-16)13-20/h16-19,22H,2-15H2,1H3/q+1/t16?,17?,18?,19-,20?/m1/s1. The Hall–Kier alpha value is -0.160. The molecule has 4 aliphatic carbocycles. The number of ether oxygens (including phenoxy) is 2. The predicted octanol–water partition coefficient (Wildman–Crippen LogP) is 2.45. The molecule has 0 aromatic carbocycles. The number of morpholine rings is 1. The minimum Gasteiger partial charge on any atom is -0.385 e. The summed E-state index contributed by atoms with van der Waals surface area (Å²) in [6.07, 6.45) is 9.80. The molecule has 0 aromatic rings. The summed E-state index contributed by atoms with van der Waals surface area (Å²) in [5.74, 6) is 3.06. The third-order valence-electron chi connectivity index (χ3n) is 7.45. The van der Waals surface area contributed by atoms with E-state index in [4.69, 9.17) is 9.47 Å². The van der Waals surface area contributed by atoms with Gasteiger partial charge in [-0.3, -0.25) is 0 Å². The second kappa shape index (κ2) is 6.86. The van der Waals surface area contributed by atoms with Crippen molar-refractivity contribution in [1.29, 1.82) is 0 Å². The average molecular weight is 339 g/mol. The summed E-state index contributed by atoms with van der Waals surface area (Å²) >= 11 is 0. The van der Waals surface area contributed by atoms with Crippen molar-refractivity contribution in [1.82, 2.24) is 0 Å². The van der Waals surface area contributed by atoms with Gasteiger partial charge in [0.1, 0.15) is 25.7 Å². The molecular weight excluding hydrogens is 302 g/mol. The number of nitrogens with zero attached hydrogens (tertiary/aromatic N) is 1. The zero-order valence-electron chi connectivity index (χ0n) is 15.4. The lowest BCUT2D eigenvalue weighted by molar-refractivity contribution is -0.919. The molecule has 5 rings (SSSR count). The molecule has 4 nitrogen and oxygen atoms in total. The lowest BCUT2D eigenvalue weighted by atomic mass is 9.49. The summed E-state index contributed by atoms with van der Waals surface area (Å²) in [6.45, 7) is 5.78. The van der Waals surface area contributed by atoms with E-state index in [1.165, 1.54) is 44.9 Å². The first-order valence-electron chi connectivity index (χ1n) is 10.2.